The predicted octanol–water partition coefficient (Wildman–Crippen LogP) is 3.12. The molecule has 0 amide bonds. The van der Waals surface area contributed by atoms with Gasteiger partial charge in [0.2, 0.25) is 0 Å². The van der Waals surface area contributed by atoms with Crippen LogP contribution in [0.15, 0.2) is 18.2 Å². The monoisotopic (exact) mass is 235 g/mol. The van der Waals surface area contributed by atoms with E-state index in [1.807, 2.05) is 13.8 Å². The zero-order valence-corrected chi connectivity index (χ0v) is 11.7. The van der Waals surface area contributed by atoms with Crippen molar-refractivity contribution in [2.45, 2.75) is 52.7 Å². The molecule has 0 saturated carbocycles. The van der Waals surface area contributed by atoms with Gasteiger partial charge in [0.25, 0.3) is 0 Å². The lowest BCUT2D eigenvalue weighted by molar-refractivity contribution is 0.0533. The first-order valence-electron chi connectivity index (χ1n) is 6.38. The van der Waals surface area contributed by atoms with Gasteiger partial charge in [-0.25, -0.2) is 0 Å². The van der Waals surface area contributed by atoms with Crippen molar-refractivity contribution in [1.29, 1.82) is 0 Å². The van der Waals surface area contributed by atoms with Gasteiger partial charge in [-0.15, -0.1) is 0 Å². The normalized spacial score (nSPS) is 16.6. The van der Waals surface area contributed by atoms with Crippen molar-refractivity contribution in [2.75, 3.05) is 6.54 Å². The fourth-order valence-electron chi connectivity index (χ4n) is 1.65. The van der Waals surface area contributed by atoms with E-state index in [0.29, 0.717) is 6.54 Å². The summed E-state index contributed by atoms with van der Waals surface area (Å²) in [6, 6.07) is 6.79. The number of rotatable bonds is 5. The maximum Gasteiger partial charge on any atom is 0.0741 e. The molecule has 0 saturated heterocycles. The molecule has 0 radical (unpaired) electrons. The molecule has 17 heavy (non-hydrogen) atoms. The average molecular weight is 235 g/mol. The van der Waals surface area contributed by atoms with E-state index in [-0.39, 0.29) is 6.04 Å². The average Bonchev–Trinajstić information content (AvgIpc) is 2.30. The van der Waals surface area contributed by atoms with Crippen LogP contribution in [-0.4, -0.2) is 17.3 Å². The molecule has 1 aromatic rings. The van der Waals surface area contributed by atoms with Gasteiger partial charge in [0.1, 0.15) is 0 Å². The summed E-state index contributed by atoms with van der Waals surface area (Å²) in [6.45, 7) is 10.9. The number of aliphatic hydroxyl groups is 1. The minimum atomic E-state index is -0.617. The van der Waals surface area contributed by atoms with Crippen LogP contribution < -0.4 is 5.32 Å². The zero-order chi connectivity index (χ0) is 13.1. The standard InChI is InChI=1S/C15H25NO/c1-6-15(5,17)10-16-13(4)14-8-7-11(2)12(3)9-14/h7-9,13,16-17H,6,10H2,1-5H3. The summed E-state index contributed by atoms with van der Waals surface area (Å²) in [5.41, 5.74) is 3.30. The third-order valence-electron chi connectivity index (χ3n) is 3.58. The van der Waals surface area contributed by atoms with Crippen molar-refractivity contribution < 1.29 is 5.11 Å². The van der Waals surface area contributed by atoms with Crippen LogP contribution in [-0.2, 0) is 0 Å². The van der Waals surface area contributed by atoms with E-state index in [0.717, 1.165) is 6.42 Å². The van der Waals surface area contributed by atoms with Gasteiger partial charge in [-0.05, 0) is 50.8 Å². The fourth-order valence-corrected chi connectivity index (χ4v) is 1.65. The highest BCUT2D eigenvalue weighted by Crippen LogP contribution is 2.17. The molecule has 0 spiro atoms. The first-order valence-corrected chi connectivity index (χ1v) is 6.38. The Labute approximate surface area is 105 Å². The molecular weight excluding hydrogens is 210 g/mol. The van der Waals surface area contributed by atoms with Crippen LogP contribution in [0.5, 0.6) is 0 Å². The van der Waals surface area contributed by atoms with Crippen LogP contribution in [0.3, 0.4) is 0 Å². The fraction of sp³-hybridized carbons (Fsp3) is 0.600. The third kappa shape index (κ3) is 4.14. The lowest BCUT2D eigenvalue weighted by Crippen LogP contribution is -2.38. The lowest BCUT2D eigenvalue weighted by Gasteiger charge is -2.25. The molecular formula is C15H25NO. The molecule has 96 valence electrons. The van der Waals surface area contributed by atoms with E-state index in [1.165, 1.54) is 16.7 Å². The van der Waals surface area contributed by atoms with Crippen molar-refractivity contribution in [3.8, 4) is 0 Å². The predicted molar refractivity (Wildman–Crippen MR) is 73.2 cm³/mol. The molecule has 0 fully saturated rings. The van der Waals surface area contributed by atoms with E-state index in [1.54, 1.807) is 0 Å². The second-order valence-corrected chi connectivity index (χ2v) is 5.30. The number of hydrogen-bond acceptors (Lipinski definition) is 2. The molecule has 2 N–H and O–H groups in total. The summed E-state index contributed by atoms with van der Waals surface area (Å²) in [6.07, 6.45) is 0.764. The largest absolute Gasteiger partial charge is 0.389 e. The van der Waals surface area contributed by atoms with Crippen LogP contribution in [0.25, 0.3) is 0 Å². The van der Waals surface area contributed by atoms with Crippen LogP contribution in [0.2, 0.25) is 0 Å². The van der Waals surface area contributed by atoms with Crippen LogP contribution >= 0.6 is 0 Å². The van der Waals surface area contributed by atoms with Crippen LogP contribution in [0.4, 0.5) is 0 Å². The second kappa shape index (κ2) is 5.65. The maximum atomic E-state index is 9.96. The maximum absolute atomic E-state index is 9.96. The molecule has 2 nitrogen and oxygen atoms in total. The van der Waals surface area contributed by atoms with Gasteiger partial charge in [0, 0.05) is 12.6 Å². The van der Waals surface area contributed by atoms with Crippen LogP contribution in [0.1, 0.15) is 49.9 Å². The van der Waals surface area contributed by atoms with Gasteiger partial charge in [0.05, 0.1) is 5.60 Å². The second-order valence-electron chi connectivity index (χ2n) is 5.30. The Morgan fingerprint density at radius 2 is 1.94 bits per heavy atom. The molecule has 1 rings (SSSR count). The third-order valence-corrected chi connectivity index (χ3v) is 3.58. The Balaban J connectivity index is 2.64. The smallest absolute Gasteiger partial charge is 0.0741 e. The van der Waals surface area contributed by atoms with Crippen molar-refractivity contribution in [3.63, 3.8) is 0 Å². The summed E-state index contributed by atoms with van der Waals surface area (Å²) in [4.78, 5) is 0. The summed E-state index contributed by atoms with van der Waals surface area (Å²) in [7, 11) is 0. The topological polar surface area (TPSA) is 32.3 Å². The first-order chi connectivity index (χ1) is 7.85. The molecule has 0 aliphatic heterocycles. The van der Waals surface area contributed by atoms with Crippen molar-refractivity contribution in [2.24, 2.45) is 0 Å². The van der Waals surface area contributed by atoms with E-state index in [9.17, 15) is 5.11 Å². The Morgan fingerprint density at radius 1 is 1.29 bits per heavy atom. The number of aryl methyl sites for hydroxylation is 2. The summed E-state index contributed by atoms with van der Waals surface area (Å²) < 4.78 is 0. The molecule has 2 atom stereocenters. The summed E-state index contributed by atoms with van der Waals surface area (Å²) in [5, 5.41) is 13.3. The van der Waals surface area contributed by atoms with Crippen molar-refractivity contribution in [3.05, 3.63) is 34.9 Å². The van der Waals surface area contributed by atoms with E-state index in [4.69, 9.17) is 0 Å². The number of nitrogens with one attached hydrogen (secondary N) is 1. The number of hydrogen-bond donors (Lipinski definition) is 2. The van der Waals surface area contributed by atoms with E-state index < -0.39 is 5.60 Å². The highest BCUT2D eigenvalue weighted by atomic mass is 16.3. The zero-order valence-electron chi connectivity index (χ0n) is 11.7. The Hall–Kier alpha value is -0.860. The molecule has 0 aliphatic carbocycles. The quantitative estimate of drug-likeness (QED) is 0.822. The van der Waals surface area contributed by atoms with Crippen molar-refractivity contribution in [1.82, 2.24) is 5.32 Å². The summed E-state index contributed by atoms with van der Waals surface area (Å²) in [5.74, 6) is 0. The Bertz CT molecular complexity index is 371. The Kier molecular flexibility index (Phi) is 4.72. The van der Waals surface area contributed by atoms with Gasteiger partial charge >= 0.3 is 0 Å². The van der Waals surface area contributed by atoms with E-state index in [2.05, 4.69) is 44.3 Å². The SMILES string of the molecule is CCC(C)(O)CNC(C)c1ccc(C)c(C)c1. The molecule has 2 unspecified atom stereocenters. The van der Waals surface area contributed by atoms with Gasteiger partial charge in [-0.2, -0.15) is 0 Å². The Morgan fingerprint density at radius 3 is 2.47 bits per heavy atom. The number of benzene rings is 1. The molecule has 0 heterocycles. The lowest BCUT2D eigenvalue weighted by atomic mass is 10.00. The van der Waals surface area contributed by atoms with Crippen molar-refractivity contribution >= 4 is 0 Å². The van der Waals surface area contributed by atoms with Gasteiger partial charge in [-0.3, -0.25) is 0 Å². The minimum absolute atomic E-state index is 0.271. The minimum Gasteiger partial charge on any atom is -0.389 e. The highest BCUT2D eigenvalue weighted by Gasteiger charge is 2.18. The van der Waals surface area contributed by atoms with Gasteiger partial charge in [0.15, 0.2) is 0 Å². The van der Waals surface area contributed by atoms with Gasteiger partial charge < -0.3 is 10.4 Å². The molecule has 0 aliphatic rings. The molecule has 2 heteroatoms. The molecule has 1 aromatic carbocycles. The van der Waals surface area contributed by atoms with E-state index >= 15 is 0 Å². The van der Waals surface area contributed by atoms with Crippen LogP contribution in [0, 0.1) is 13.8 Å². The molecule has 0 aromatic heterocycles. The first kappa shape index (κ1) is 14.2. The highest BCUT2D eigenvalue weighted by molar-refractivity contribution is 5.31. The summed E-state index contributed by atoms with van der Waals surface area (Å²) >= 11 is 0. The van der Waals surface area contributed by atoms with Gasteiger partial charge in [-0.1, -0.05) is 25.1 Å². The molecule has 0 bridgehead atoms.